The second kappa shape index (κ2) is 5.94. The van der Waals surface area contributed by atoms with E-state index < -0.39 is 11.4 Å². The summed E-state index contributed by atoms with van der Waals surface area (Å²) in [7, 11) is 0. The van der Waals surface area contributed by atoms with E-state index in [2.05, 4.69) is 13.0 Å². The Labute approximate surface area is 133 Å². The van der Waals surface area contributed by atoms with E-state index in [1.807, 2.05) is 13.0 Å². The van der Waals surface area contributed by atoms with E-state index in [-0.39, 0.29) is 13.3 Å². The molecule has 4 atom stereocenters. The van der Waals surface area contributed by atoms with Crippen LogP contribution in [0, 0.1) is 17.3 Å². The molecule has 0 saturated heterocycles. The second-order valence-electron chi connectivity index (χ2n) is 6.97. The number of hydrogen-bond donors (Lipinski definition) is 2. The maximum atomic E-state index is 11.8. The highest BCUT2D eigenvalue weighted by Gasteiger charge is 2.51. The van der Waals surface area contributed by atoms with Gasteiger partial charge in [0, 0.05) is 0 Å². The van der Waals surface area contributed by atoms with E-state index in [9.17, 15) is 15.0 Å². The van der Waals surface area contributed by atoms with E-state index in [0.29, 0.717) is 17.6 Å². The summed E-state index contributed by atoms with van der Waals surface area (Å²) in [5, 5.41) is 19.3. The van der Waals surface area contributed by atoms with Crippen LogP contribution in [0.15, 0.2) is 18.2 Å². The first-order chi connectivity index (χ1) is 9.97. The highest BCUT2D eigenvalue weighted by Crippen LogP contribution is 2.55. The minimum Gasteiger partial charge on any atom is -0.508 e. The predicted molar refractivity (Wildman–Crippen MR) is 88.1 cm³/mol. The lowest BCUT2D eigenvalue weighted by Crippen LogP contribution is -2.46. The number of hydrogen-bond acceptors (Lipinski definition) is 2. The second-order valence-corrected chi connectivity index (χ2v) is 6.97. The average molecular weight is 304 g/mol. The molecule has 1 saturated carbocycles. The molecule has 0 aliphatic heterocycles. The molecule has 0 spiro atoms. The van der Waals surface area contributed by atoms with Gasteiger partial charge < -0.3 is 10.2 Å². The van der Waals surface area contributed by atoms with Gasteiger partial charge in [-0.05, 0) is 73.6 Å². The van der Waals surface area contributed by atoms with Crippen LogP contribution < -0.4 is 0 Å². The average Bonchev–Trinajstić information content (AvgIpc) is 2.46. The van der Waals surface area contributed by atoms with Gasteiger partial charge in [0.25, 0.3) is 0 Å². The summed E-state index contributed by atoms with van der Waals surface area (Å²) < 4.78 is 0. The van der Waals surface area contributed by atoms with Crippen molar-refractivity contribution >= 4 is 5.97 Å². The molecule has 1 aromatic rings. The lowest BCUT2D eigenvalue weighted by molar-refractivity contribution is -0.157. The van der Waals surface area contributed by atoms with Crippen LogP contribution >= 0.6 is 0 Å². The van der Waals surface area contributed by atoms with Crippen molar-refractivity contribution in [3.63, 3.8) is 0 Å². The predicted octanol–water partition coefficient (Wildman–Crippen LogP) is 4.59. The first-order valence-corrected chi connectivity index (χ1v) is 8.02. The van der Waals surface area contributed by atoms with Gasteiger partial charge in [-0.2, -0.15) is 0 Å². The Morgan fingerprint density at radius 2 is 2.09 bits per heavy atom. The van der Waals surface area contributed by atoms with Crippen LogP contribution in [0.1, 0.15) is 64.0 Å². The van der Waals surface area contributed by atoms with Gasteiger partial charge in [-0.1, -0.05) is 26.8 Å². The zero-order chi connectivity index (χ0) is 15.2. The lowest BCUT2D eigenvalue weighted by Gasteiger charge is -2.49. The number of phenols is 1. The Kier molecular flexibility index (Phi) is 4.55. The van der Waals surface area contributed by atoms with Crippen molar-refractivity contribution < 1.29 is 15.0 Å². The fourth-order valence-electron chi connectivity index (χ4n) is 4.91. The molecule has 3 heteroatoms. The number of aliphatic carboxylic acids is 1. The third-order valence-corrected chi connectivity index (χ3v) is 6.03. The van der Waals surface area contributed by atoms with Crippen LogP contribution in [0.2, 0.25) is 0 Å². The Hall–Kier alpha value is -1.51. The molecule has 3 rings (SSSR count). The van der Waals surface area contributed by atoms with Crippen LogP contribution in [0.25, 0.3) is 0 Å². The Bertz CT molecular complexity index is 566. The summed E-state index contributed by atoms with van der Waals surface area (Å²) in [4.78, 5) is 11.8. The fraction of sp³-hybridized carbons (Fsp3) is 0.632. The molecule has 1 fully saturated rings. The number of benzene rings is 1. The molecule has 2 unspecified atom stereocenters. The summed E-state index contributed by atoms with van der Waals surface area (Å²) in [6, 6.07) is 5.71. The Morgan fingerprint density at radius 1 is 1.36 bits per heavy atom. The number of carbonyl (C=O) groups is 1. The molecule has 0 radical (unpaired) electrons. The first-order valence-electron chi connectivity index (χ1n) is 8.02. The summed E-state index contributed by atoms with van der Waals surface area (Å²) in [5.41, 5.74) is 2.02. The van der Waals surface area contributed by atoms with E-state index in [0.717, 1.165) is 32.1 Å². The normalized spacial score (nSPS) is 33.3. The number of carboxylic acids is 1. The Balaban J connectivity index is 0.00000176. The van der Waals surface area contributed by atoms with Gasteiger partial charge in [0.1, 0.15) is 5.75 Å². The van der Waals surface area contributed by atoms with Crippen molar-refractivity contribution in [3.05, 3.63) is 29.3 Å². The molecule has 2 aliphatic carbocycles. The molecule has 2 N–H and O–H groups in total. The summed E-state index contributed by atoms with van der Waals surface area (Å²) in [6.45, 7) is 4.06. The van der Waals surface area contributed by atoms with Gasteiger partial charge in [-0.25, -0.2) is 0 Å². The monoisotopic (exact) mass is 304 g/mol. The third-order valence-electron chi connectivity index (χ3n) is 6.03. The highest BCUT2D eigenvalue weighted by atomic mass is 16.4. The van der Waals surface area contributed by atoms with Crippen molar-refractivity contribution in [3.8, 4) is 5.75 Å². The molecular formula is C19H28O3. The number of aromatic hydroxyl groups is 1. The first kappa shape index (κ1) is 16.9. The van der Waals surface area contributed by atoms with Gasteiger partial charge in [-0.15, -0.1) is 0 Å². The van der Waals surface area contributed by atoms with Crippen LogP contribution in [0.3, 0.4) is 0 Å². The zero-order valence-corrected chi connectivity index (χ0v) is 12.8. The van der Waals surface area contributed by atoms with Crippen molar-refractivity contribution in [2.75, 3.05) is 0 Å². The molecule has 0 amide bonds. The SMILES string of the molecule is C.CC[C@H]1C2CCc3cc(O)ccc3C2CC[C@]1(C)C(=O)O. The van der Waals surface area contributed by atoms with Gasteiger partial charge in [0.15, 0.2) is 0 Å². The third kappa shape index (κ3) is 2.41. The number of phenolic OH excluding ortho intramolecular Hbond substituents is 1. The van der Waals surface area contributed by atoms with E-state index in [4.69, 9.17) is 0 Å². The molecule has 2 aliphatic rings. The van der Waals surface area contributed by atoms with Gasteiger partial charge >= 0.3 is 5.97 Å². The quantitative estimate of drug-likeness (QED) is 0.840. The minimum absolute atomic E-state index is 0. The number of fused-ring (bicyclic) bond motifs is 3. The van der Waals surface area contributed by atoms with Crippen molar-refractivity contribution in [1.82, 2.24) is 0 Å². The number of aryl methyl sites for hydroxylation is 1. The molecule has 0 bridgehead atoms. The van der Waals surface area contributed by atoms with Crippen LogP contribution in [0.5, 0.6) is 5.75 Å². The van der Waals surface area contributed by atoms with Gasteiger partial charge in [-0.3, -0.25) is 4.79 Å². The number of carboxylic acid groups (broad SMARTS) is 1. The van der Waals surface area contributed by atoms with Gasteiger partial charge in [0.05, 0.1) is 5.41 Å². The lowest BCUT2D eigenvalue weighted by atomic mass is 9.54. The summed E-state index contributed by atoms with van der Waals surface area (Å²) in [5.74, 6) is 0.874. The summed E-state index contributed by atoms with van der Waals surface area (Å²) >= 11 is 0. The standard InChI is InChI=1S/C18H24O3.CH4/c1-3-16-15-6-4-11-10-12(19)5-7-13(11)14(15)8-9-18(16,2)17(20)21;/h5,7,10,14-16,19H,3-4,6,8-9H2,1-2H3,(H,20,21);1H4/t14?,15?,16-,18-;/m0./s1. The maximum absolute atomic E-state index is 11.8. The minimum atomic E-state index is -0.635. The van der Waals surface area contributed by atoms with Crippen molar-refractivity contribution in [1.29, 1.82) is 0 Å². The molecule has 22 heavy (non-hydrogen) atoms. The smallest absolute Gasteiger partial charge is 0.309 e. The van der Waals surface area contributed by atoms with E-state index in [1.54, 1.807) is 6.07 Å². The highest BCUT2D eigenvalue weighted by molar-refractivity contribution is 5.75. The molecule has 3 nitrogen and oxygen atoms in total. The van der Waals surface area contributed by atoms with E-state index >= 15 is 0 Å². The molecule has 0 aromatic heterocycles. The molecule has 0 heterocycles. The zero-order valence-electron chi connectivity index (χ0n) is 12.8. The Morgan fingerprint density at radius 3 is 2.73 bits per heavy atom. The summed E-state index contributed by atoms with van der Waals surface area (Å²) in [6.07, 6.45) is 4.63. The van der Waals surface area contributed by atoms with Crippen LogP contribution in [0.4, 0.5) is 0 Å². The van der Waals surface area contributed by atoms with Crippen molar-refractivity contribution in [2.24, 2.45) is 17.3 Å². The fourth-order valence-corrected chi connectivity index (χ4v) is 4.91. The van der Waals surface area contributed by atoms with Crippen molar-refractivity contribution in [2.45, 2.75) is 59.3 Å². The van der Waals surface area contributed by atoms with Crippen LogP contribution in [-0.2, 0) is 11.2 Å². The number of rotatable bonds is 2. The van der Waals surface area contributed by atoms with Gasteiger partial charge in [0.2, 0.25) is 0 Å². The van der Waals surface area contributed by atoms with E-state index in [1.165, 1.54) is 11.1 Å². The molecular weight excluding hydrogens is 276 g/mol. The topological polar surface area (TPSA) is 57.5 Å². The maximum Gasteiger partial charge on any atom is 0.309 e. The molecule has 122 valence electrons. The largest absolute Gasteiger partial charge is 0.508 e. The van der Waals surface area contributed by atoms with Crippen LogP contribution in [-0.4, -0.2) is 16.2 Å². The molecule has 1 aromatic carbocycles.